The molecule has 0 radical (unpaired) electrons. The summed E-state index contributed by atoms with van der Waals surface area (Å²) < 4.78 is 11.0. The number of para-hydroxylation sites is 1. The predicted octanol–water partition coefficient (Wildman–Crippen LogP) is 2.42. The number of rotatable bonds is 5. The van der Waals surface area contributed by atoms with Gasteiger partial charge in [0.1, 0.15) is 18.1 Å². The molecule has 7 heteroatoms. The molecule has 2 heterocycles. The lowest BCUT2D eigenvalue weighted by atomic mass is 10.1. The molecule has 1 fully saturated rings. The Labute approximate surface area is 145 Å². The Morgan fingerprint density at radius 3 is 2.76 bits per heavy atom. The SMILES string of the molecule is Cc1noc(C)c1COc1ccccc1C(=O)N1CC[C@H](C(=O)O)C1. The summed E-state index contributed by atoms with van der Waals surface area (Å²) in [5, 5.41) is 13.0. The Morgan fingerprint density at radius 1 is 1.36 bits per heavy atom. The molecule has 132 valence electrons. The Balaban J connectivity index is 1.75. The molecule has 7 nitrogen and oxygen atoms in total. The maximum atomic E-state index is 12.8. The lowest BCUT2D eigenvalue weighted by Gasteiger charge is -2.18. The second-order valence-corrected chi connectivity index (χ2v) is 6.16. The van der Waals surface area contributed by atoms with Crippen molar-refractivity contribution in [2.45, 2.75) is 26.9 Å². The van der Waals surface area contributed by atoms with Crippen LogP contribution in [-0.4, -0.2) is 40.1 Å². The molecule has 1 aliphatic rings. The number of hydrogen-bond donors (Lipinski definition) is 1. The van der Waals surface area contributed by atoms with Crippen molar-refractivity contribution in [2.75, 3.05) is 13.1 Å². The molecular weight excluding hydrogens is 324 g/mol. The number of hydrogen-bond acceptors (Lipinski definition) is 5. The number of carbonyl (C=O) groups is 2. The molecule has 1 aliphatic heterocycles. The van der Waals surface area contributed by atoms with Gasteiger partial charge in [-0.3, -0.25) is 9.59 Å². The highest BCUT2D eigenvalue weighted by Gasteiger charge is 2.32. The van der Waals surface area contributed by atoms with Gasteiger partial charge in [-0.05, 0) is 32.4 Å². The number of ether oxygens (including phenoxy) is 1. The molecule has 0 bridgehead atoms. The molecule has 1 saturated heterocycles. The van der Waals surface area contributed by atoms with Crippen molar-refractivity contribution in [3.05, 3.63) is 46.8 Å². The molecule has 1 N–H and O–H groups in total. The first-order chi connectivity index (χ1) is 12.0. The number of carboxylic acids is 1. The number of likely N-dealkylation sites (tertiary alicyclic amines) is 1. The third-order valence-corrected chi connectivity index (χ3v) is 4.50. The van der Waals surface area contributed by atoms with Crippen LogP contribution in [0, 0.1) is 19.8 Å². The van der Waals surface area contributed by atoms with Gasteiger partial charge >= 0.3 is 5.97 Å². The first-order valence-corrected chi connectivity index (χ1v) is 8.13. The van der Waals surface area contributed by atoms with Crippen LogP contribution in [0.4, 0.5) is 0 Å². The van der Waals surface area contributed by atoms with E-state index in [4.69, 9.17) is 14.4 Å². The van der Waals surface area contributed by atoms with Gasteiger partial charge in [-0.15, -0.1) is 0 Å². The molecule has 1 aromatic carbocycles. The second-order valence-electron chi connectivity index (χ2n) is 6.16. The quantitative estimate of drug-likeness (QED) is 0.895. The van der Waals surface area contributed by atoms with Crippen molar-refractivity contribution in [2.24, 2.45) is 5.92 Å². The van der Waals surface area contributed by atoms with Crippen molar-refractivity contribution in [3.63, 3.8) is 0 Å². The minimum Gasteiger partial charge on any atom is -0.488 e. The third kappa shape index (κ3) is 3.50. The summed E-state index contributed by atoms with van der Waals surface area (Å²) in [5.74, 6) is -0.424. The van der Waals surface area contributed by atoms with Gasteiger partial charge in [0.2, 0.25) is 0 Å². The van der Waals surface area contributed by atoms with Gasteiger partial charge in [-0.1, -0.05) is 17.3 Å². The molecule has 0 saturated carbocycles. The minimum atomic E-state index is -0.863. The molecular formula is C18H20N2O5. The summed E-state index contributed by atoms with van der Waals surface area (Å²) in [4.78, 5) is 25.4. The van der Waals surface area contributed by atoms with Crippen molar-refractivity contribution in [3.8, 4) is 5.75 Å². The fourth-order valence-electron chi connectivity index (χ4n) is 2.94. The number of aryl methyl sites for hydroxylation is 2. The lowest BCUT2D eigenvalue weighted by Crippen LogP contribution is -2.30. The largest absolute Gasteiger partial charge is 0.488 e. The molecule has 3 rings (SSSR count). The summed E-state index contributed by atoms with van der Waals surface area (Å²) in [6.07, 6.45) is 0.475. The van der Waals surface area contributed by atoms with E-state index in [0.717, 1.165) is 11.3 Å². The van der Waals surface area contributed by atoms with Crippen LogP contribution in [0.1, 0.15) is 33.8 Å². The molecule has 0 aliphatic carbocycles. The van der Waals surface area contributed by atoms with E-state index < -0.39 is 11.9 Å². The van der Waals surface area contributed by atoms with Crippen LogP contribution in [0.15, 0.2) is 28.8 Å². The molecule has 2 aromatic rings. The first kappa shape index (κ1) is 17.0. The van der Waals surface area contributed by atoms with E-state index in [9.17, 15) is 9.59 Å². The highest BCUT2D eigenvalue weighted by Crippen LogP contribution is 2.25. The van der Waals surface area contributed by atoms with E-state index in [1.807, 2.05) is 13.8 Å². The molecule has 1 amide bonds. The second kappa shape index (κ2) is 6.96. The van der Waals surface area contributed by atoms with Crippen molar-refractivity contribution in [1.82, 2.24) is 10.1 Å². The number of nitrogens with zero attached hydrogens (tertiary/aromatic N) is 2. The Kier molecular flexibility index (Phi) is 4.74. The fourth-order valence-corrected chi connectivity index (χ4v) is 2.94. The standard InChI is InChI=1S/C18H20N2O5/c1-11-15(12(2)25-19-11)10-24-16-6-4-3-5-14(16)17(21)20-8-7-13(9-20)18(22)23/h3-6,13H,7-10H2,1-2H3,(H,22,23)/t13-/m0/s1. The number of aromatic nitrogens is 1. The van der Waals surface area contributed by atoms with Crippen LogP contribution < -0.4 is 4.74 Å². The smallest absolute Gasteiger partial charge is 0.308 e. The van der Waals surface area contributed by atoms with Crippen molar-refractivity contribution >= 4 is 11.9 Å². The number of benzene rings is 1. The van der Waals surface area contributed by atoms with Gasteiger partial charge < -0.3 is 19.3 Å². The monoisotopic (exact) mass is 344 g/mol. The normalized spacial score (nSPS) is 16.9. The summed E-state index contributed by atoms with van der Waals surface area (Å²) in [5.41, 5.74) is 2.04. The van der Waals surface area contributed by atoms with Gasteiger partial charge in [0.25, 0.3) is 5.91 Å². The first-order valence-electron chi connectivity index (χ1n) is 8.13. The molecule has 25 heavy (non-hydrogen) atoms. The van der Waals surface area contributed by atoms with E-state index in [1.54, 1.807) is 29.2 Å². The van der Waals surface area contributed by atoms with E-state index in [2.05, 4.69) is 5.16 Å². The Morgan fingerprint density at radius 2 is 2.12 bits per heavy atom. The van der Waals surface area contributed by atoms with Gasteiger partial charge in [0.05, 0.1) is 22.7 Å². The Hall–Kier alpha value is -2.83. The lowest BCUT2D eigenvalue weighted by molar-refractivity contribution is -0.141. The highest BCUT2D eigenvalue weighted by atomic mass is 16.5. The number of carbonyl (C=O) groups excluding carboxylic acids is 1. The average molecular weight is 344 g/mol. The zero-order chi connectivity index (χ0) is 18.0. The van der Waals surface area contributed by atoms with Crippen LogP contribution in [0.3, 0.4) is 0 Å². The zero-order valence-corrected chi connectivity index (χ0v) is 14.2. The molecule has 0 unspecified atom stereocenters. The van der Waals surface area contributed by atoms with Gasteiger partial charge in [-0.25, -0.2) is 0 Å². The number of carboxylic acid groups (broad SMARTS) is 1. The van der Waals surface area contributed by atoms with E-state index in [1.165, 1.54) is 0 Å². The summed E-state index contributed by atoms with van der Waals surface area (Å²) in [6, 6.07) is 6.99. The van der Waals surface area contributed by atoms with Crippen LogP contribution in [0.25, 0.3) is 0 Å². The minimum absolute atomic E-state index is 0.210. The van der Waals surface area contributed by atoms with Gasteiger partial charge in [-0.2, -0.15) is 0 Å². The fraction of sp³-hybridized carbons (Fsp3) is 0.389. The predicted molar refractivity (Wildman–Crippen MR) is 88.4 cm³/mol. The topological polar surface area (TPSA) is 92.9 Å². The van der Waals surface area contributed by atoms with E-state index >= 15 is 0 Å². The average Bonchev–Trinajstić information content (AvgIpc) is 3.21. The number of aliphatic carboxylic acids is 1. The van der Waals surface area contributed by atoms with Gasteiger partial charge in [0, 0.05) is 13.1 Å². The zero-order valence-electron chi connectivity index (χ0n) is 14.2. The van der Waals surface area contributed by atoms with E-state index in [-0.39, 0.29) is 19.1 Å². The molecule has 1 aromatic heterocycles. The Bertz CT molecular complexity index is 779. The van der Waals surface area contributed by atoms with Crippen LogP contribution in [-0.2, 0) is 11.4 Å². The van der Waals surface area contributed by atoms with Crippen LogP contribution in [0.2, 0.25) is 0 Å². The maximum Gasteiger partial charge on any atom is 0.308 e. The summed E-state index contributed by atoms with van der Waals surface area (Å²) >= 11 is 0. The van der Waals surface area contributed by atoms with E-state index in [0.29, 0.717) is 30.0 Å². The summed E-state index contributed by atoms with van der Waals surface area (Å²) in [7, 11) is 0. The van der Waals surface area contributed by atoms with Crippen molar-refractivity contribution in [1.29, 1.82) is 0 Å². The van der Waals surface area contributed by atoms with Crippen LogP contribution in [0.5, 0.6) is 5.75 Å². The third-order valence-electron chi connectivity index (χ3n) is 4.50. The molecule has 0 spiro atoms. The van der Waals surface area contributed by atoms with Gasteiger partial charge in [0.15, 0.2) is 0 Å². The molecule has 1 atom stereocenters. The van der Waals surface area contributed by atoms with Crippen molar-refractivity contribution < 1.29 is 24.0 Å². The summed E-state index contributed by atoms with van der Waals surface area (Å²) in [6.45, 7) is 4.57. The van der Waals surface area contributed by atoms with Crippen LogP contribution >= 0.6 is 0 Å². The number of amides is 1. The maximum absolute atomic E-state index is 12.8. The highest BCUT2D eigenvalue weighted by molar-refractivity contribution is 5.97.